The fourth-order valence-electron chi connectivity index (χ4n) is 4.50. The third-order valence-corrected chi connectivity index (χ3v) is 8.91. The van der Waals surface area contributed by atoms with Crippen LogP contribution in [0.15, 0.2) is 61.2 Å². The van der Waals surface area contributed by atoms with Crippen LogP contribution < -0.4 is 5.32 Å². The van der Waals surface area contributed by atoms with Gasteiger partial charge in [-0.1, -0.05) is 29.5 Å². The lowest BCUT2D eigenvalue weighted by Crippen LogP contribution is -2.37. The second kappa shape index (κ2) is 10.1. The number of pyridine rings is 1. The third-order valence-electron chi connectivity index (χ3n) is 6.54. The van der Waals surface area contributed by atoms with Gasteiger partial charge in [-0.15, -0.1) is 11.3 Å². The molecule has 1 aliphatic heterocycles. The van der Waals surface area contributed by atoms with Gasteiger partial charge in [-0.05, 0) is 32.0 Å². The maximum atomic E-state index is 13.3. The molecule has 8 nitrogen and oxygen atoms in total. The number of morpholine rings is 1. The number of hydrogen-bond donors (Lipinski definition) is 1. The Kier molecular flexibility index (Phi) is 6.56. The number of carbonyl (C=O) groups is 1. The Hall–Kier alpha value is -3.44. The Labute approximate surface area is 222 Å². The fraction of sp³-hybridized carbons (Fsp3) is 0.259. The molecule has 188 valence electrons. The van der Waals surface area contributed by atoms with Gasteiger partial charge in [0.1, 0.15) is 9.88 Å². The summed E-state index contributed by atoms with van der Waals surface area (Å²) in [6.07, 6.45) is 7.68. The monoisotopic (exact) mass is 530 g/mol. The van der Waals surface area contributed by atoms with Gasteiger partial charge in [0.15, 0.2) is 4.96 Å². The van der Waals surface area contributed by atoms with Gasteiger partial charge in [0.25, 0.3) is 5.91 Å². The minimum atomic E-state index is -0.180. The minimum absolute atomic E-state index is 0.180. The molecule has 1 amide bonds. The molecular formula is C27H26N6O2S2. The normalized spacial score (nSPS) is 15.2. The molecule has 1 aliphatic rings. The van der Waals surface area contributed by atoms with Crippen molar-refractivity contribution in [1.82, 2.24) is 24.3 Å². The first kappa shape index (κ1) is 23.9. The zero-order valence-corrected chi connectivity index (χ0v) is 22.2. The Morgan fingerprint density at radius 3 is 2.70 bits per heavy atom. The highest BCUT2D eigenvalue weighted by molar-refractivity contribution is 7.17. The van der Waals surface area contributed by atoms with Crippen molar-refractivity contribution < 1.29 is 9.53 Å². The summed E-state index contributed by atoms with van der Waals surface area (Å²) in [5.41, 5.74) is 4.02. The van der Waals surface area contributed by atoms with E-state index in [0.717, 1.165) is 58.8 Å². The highest BCUT2D eigenvalue weighted by Gasteiger charge is 2.22. The van der Waals surface area contributed by atoms with Crippen LogP contribution >= 0.6 is 22.7 Å². The molecule has 1 unspecified atom stereocenters. The van der Waals surface area contributed by atoms with E-state index in [-0.39, 0.29) is 5.91 Å². The number of benzene rings is 1. The molecule has 1 fully saturated rings. The van der Waals surface area contributed by atoms with Crippen LogP contribution in [0.2, 0.25) is 0 Å². The van der Waals surface area contributed by atoms with E-state index in [1.165, 1.54) is 16.2 Å². The fourth-order valence-corrected chi connectivity index (χ4v) is 6.50. The van der Waals surface area contributed by atoms with Gasteiger partial charge < -0.3 is 10.1 Å². The molecular weight excluding hydrogens is 504 g/mol. The predicted octanol–water partition coefficient (Wildman–Crippen LogP) is 5.54. The first-order valence-corrected chi connectivity index (χ1v) is 13.8. The van der Waals surface area contributed by atoms with Crippen LogP contribution in [0.3, 0.4) is 0 Å². The van der Waals surface area contributed by atoms with Crippen LogP contribution in [0, 0.1) is 6.92 Å². The smallest absolute Gasteiger partial charge is 0.267 e. The summed E-state index contributed by atoms with van der Waals surface area (Å²) < 4.78 is 7.58. The molecule has 1 aromatic carbocycles. The highest BCUT2D eigenvalue weighted by Crippen LogP contribution is 2.34. The minimum Gasteiger partial charge on any atom is -0.379 e. The molecule has 5 heterocycles. The summed E-state index contributed by atoms with van der Waals surface area (Å²) in [5.74, 6) is -0.180. The number of aromatic nitrogens is 4. The van der Waals surface area contributed by atoms with E-state index in [9.17, 15) is 4.79 Å². The second-order valence-electron chi connectivity index (χ2n) is 8.95. The zero-order valence-electron chi connectivity index (χ0n) is 20.5. The van der Waals surface area contributed by atoms with Crippen molar-refractivity contribution in [2.75, 3.05) is 31.6 Å². The number of carbonyl (C=O) groups excluding carboxylic acids is 1. The molecule has 0 bridgehead atoms. The SMILES string of the molecule is Cc1nc(-c2cccnc2)sc1C(=O)Nc1ccccc1-c1cn2cc(C(C)N3CCOCC3)sc2n1. The summed E-state index contributed by atoms with van der Waals surface area (Å²) >= 11 is 3.07. The van der Waals surface area contributed by atoms with E-state index in [0.29, 0.717) is 16.6 Å². The lowest BCUT2D eigenvalue weighted by Gasteiger charge is -2.31. The number of anilines is 1. The molecule has 1 N–H and O–H groups in total. The van der Waals surface area contributed by atoms with Gasteiger partial charge in [0.05, 0.1) is 30.3 Å². The number of para-hydroxylation sites is 1. The summed E-state index contributed by atoms with van der Waals surface area (Å²) in [4.78, 5) is 32.2. The zero-order chi connectivity index (χ0) is 25.4. The maximum Gasteiger partial charge on any atom is 0.267 e. The average molecular weight is 531 g/mol. The molecule has 1 atom stereocenters. The third kappa shape index (κ3) is 4.80. The highest BCUT2D eigenvalue weighted by atomic mass is 32.1. The molecule has 37 heavy (non-hydrogen) atoms. The van der Waals surface area contributed by atoms with Crippen LogP contribution in [0.25, 0.3) is 26.8 Å². The quantitative estimate of drug-likeness (QED) is 0.311. The van der Waals surface area contributed by atoms with E-state index in [1.807, 2.05) is 49.5 Å². The lowest BCUT2D eigenvalue weighted by molar-refractivity contribution is 0.0205. The van der Waals surface area contributed by atoms with Crippen molar-refractivity contribution in [3.63, 3.8) is 0 Å². The molecule has 5 aromatic rings. The standard InChI is InChI=1S/C27H26N6O2S2/c1-17-24(37-26(29-17)19-6-5-9-28-14-19)25(34)30-21-8-4-3-7-20(21)22-15-33-16-23(36-27(33)31-22)18(2)32-10-12-35-13-11-32/h3-9,14-16,18H,10-13H2,1-2H3,(H,30,34). The van der Waals surface area contributed by atoms with Crippen molar-refractivity contribution in [2.24, 2.45) is 0 Å². The summed E-state index contributed by atoms with van der Waals surface area (Å²) in [5, 5.41) is 3.87. The topological polar surface area (TPSA) is 84.7 Å². The van der Waals surface area contributed by atoms with Gasteiger partial charge in [-0.3, -0.25) is 19.1 Å². The Balaban J connectivity index is 1.24. The summed E-state index contributed by atoms with van der Waals surface area (Å²) in [6, 6.07) is 11.9. The summed E-state index contributed by atoms with van der Waals surface area (Å²) in [6.45, 7) is 7.56. The number of ether oxygens (including phenoxy) is 1. The van der Waals surface area contributed by atoms with E-state index >= 15 is 0 Å². The van der Waals surface area contributed by atoms with E-state index in [2.05, 4.69) is 37.7 Å². The second-order valence-corrected chi connectivity index (χ2v) is 11.0. The molecule has 10 heteroatoms. The van der Waals surface area contributed by atoms with Crippen molar-refractivity contribution in [3.05, 3.63) is 76.6 Å². The van der Waals surface area contributed by atoms with Crippen LogP contribution in [0.4, 0.5) is 5.69 Å². The van der Waals surface area contributed by atoms with Crippen molar-refractivity contribution in [1.29, 1.82) is 0 Å². The maximum absolute atomic E-state index is 13.3. The largest absolute Gasteiger partial charge is 0.379 e. The van der Waals surface area contributed by atoms with Crippen molar-refractivity contribution in [3.8, 4) is 21.8 Å². The van der Waals surface area contributed by atoms with Gasteiger partial charge in [-0.2, -0.15) is 0 Å². The van der Waals surface area contributed by atoms with Gasteiger partial charge in [0, 0.05) is 59.9 Å². The van der Waals surface area contributed by atoms with E-state index in [1.54, 1.807) is 23.7 Å². The summed E-state index contributed by atoms with van der Waals surface area (Å²) in [7, 11) is 0. The first-order chi connectivity index (χ1) is 18.1. The number of nitrogens with zero attached hydrogens (tertiary/aromatic N) is 5. The van der Waals surface area contributed by atoms with Crippen LogP contribution in [0.5, 0.6) is 0 Å². The van der Waals surface area contributed by atoms with Gasteiger partial charge >= 0.3 is 0 Å². The molecule has 0 radical (unpaired) electrons. The van der Waals surface area contributed by atoms with Gasteiger partial charge in [-0.25, -0.2) is 9.97 Å². The molecule has 0 aliphatic carbocycles. The van der Waals surface area contributed by atoms with Crippen molar-refractivity contribution in [2.45, 2.75) is 19.9 Å². The Bertz CT molecular complexity index is 1520. The van der Waals surface area contributed by atoms with E-state index in [4.69, 9.17) is 9.72 Å². The lowest BCUT2D eigenvalue weighted by atomic mass is 10.1. The number of nitrogens with one attached hydrogen (secondary N) is 1. The Morgan fingerprint density at radius 2 is 1.92 bits per heavy atom. The number of amides is 1. The molecule has 0 spiro atoms. The average Bonchev–Trinajstić information content (AvgIpc) is 3.63. The molecule has 1 saturated heterocycles. The van der Waals surface area contributed by atoms with Crippen LogP contribution in [-0.4, -0.2) is 56.5 Å². The van der Waals surface area contributed by atoms with Crippen molar-refractivity contribution >= 4 is 39.2 Å². The number of hydrogen-bond acceptors (Lipinski definition) is 8. The predicted molar refractivity (Wildman–Crippen MR) is 147 cm³/mol. The van der Waals surface area contributed by atoms with E-state index < -0.39 is 0 Å². The number of aryl methyl sites for hydroxylation is 1. The van der Waals surface area contributed by atoms with Crippen LogP contribution in [-0.2, 0) is 4.74 Å². The molecule has 0 saturated carbocycles. The van der Waals surface area contributed by atoms with Gasteiger partial charge in [0.2, 0.25) is 0 Å². The number of imidazole rings is 1. The number of fused-ring (bicyclic) bond motifs is 1. The Morgan fingerprint density at radius 1 is 1.08 bits per heavy atom. The first-order valence-electron chi connectivity index (χ1n) is 12.2. The molecule has 4 aromatic heterocycles. The molecule has 6 rings (SSSR count). The number of thiazole rings is 2. The number of rotatable bonds is 6. The van der Waals surface area contributed by atoms with Crippen LogP contribution in [0.1, 0.15) is 33.2 Å².